The number of fused-ring (bicyclic) bond motifs is 1. The fourth-order valence-corrected chi connectivity index (χ4v) is 2.49. The summed E-state index contributed by atoms with van der Waals surface area (Å²) >= 11 is 1.47. The minimum absolute atomic E-state index is 0.0201. The van der Waals surface area contributed by atoms with Crippen LogP contribution in [0.2, 0.25) is 0 Å². The summed E-state index contributed by atoms with van der Waals surface area (Å²) in [5.41, 5.74) is 1.23. The second kappa shape index (κ2) is 4.58. The molecule has 2 rings (SSSR count). The number of esters is 1. The van der Waals surface area contributed by atoms with E-state index in [2.05, 4.69) is 4.74 Å². The van der Waals surface area contributed by atoms with Crippen LogP contribution in [-0.2, 0) is 9.53 Å². The van der Waals surface area contributed by atoms with Gasteiger partial charge in [-0.15, -0.1) is 11.8 Å². The molecule has 0 saturated heterocycles. The van der Waals surface area contributed by atoms with Gasteiger partial charge in [-0.05, 0) is 17.7 Å². The molecule has 0 spiro atoms. The first-order chi connectivity index (χ1) is 8.11. The van der Waals surface area contributed by atoms with Crippen LogP contribution in [0.3, 0.4) is 0 Å². The van der Waals surface area contributed by atoms with Crippen LogP contribution in [0.1, 0.15) is 5.56 Å². The monoisotopic (exact) mass is 251 g/mol. The van der Waals surface area contributed by atoms with Crippen LogP contribution in [0, 0.1) is 10.1 Å². The lowest BCUT2D eigenvalue weighted by atomic mass is 10.1. The molecule has 1 aromatic rings. The first-order valence-electron chi connectivity index (χ1n) is 4.82. The number of carbonyl (C=O) groups is 1. The Balaban J connectivity index is 2.42. The van der Waals surface area contributed by atoms with Gasteiger partial charge in [-0.2, -0.15) is 0 Å². The quantitative estimate of drug-likeness (QED) is 0.458. The third kappa shape index (κ3) is 2.31. The zero-order valence-electron chi connectivity index (χ0n) is 9.00. The Kier molecular flexibility index (Phi) is 3.14. The van der Waals surface area contributed by atoms with Gasteiger partial charge in [0.15, 0.2) is 0 Å². The first kappa shape index (κ1) is 11.7. The van der Waals surface area contributed by atoms with Crippen LogP contribution >= 0.6 is 11.8 Å². The molecular weight excluding hydrogens is 242 g/mol. The van der Waals surface area contributed by atoms with Crippen molar-refractivity contribution in [2.24, 2.45) is 0 Å². The number of nitrogens with zero attached hydrogens (tertiary/aromatic N) is 1. The number of thioether (sulfide) groups is 1. The predicted octanol–water partition coefficient (Wildman–Crippen LogP) is 2.26. The SMILES string of the molecule is COC(=O)C1=Cc2cc([N+](=O)[O-])ccc2SC1. The molecule has 0 unspecified atom stereocenters. The van der Waals surface area contributed by atoms with Gasteiger partial charge in [0.25, 0.3) is 5.69 Å². The predicted molar refractivity (Wildman–Crippen MR) is 63.8 cm³/mol. The van der Waals surface area contributed by atoms with Crippen molar-refractivity contribution in [1.82, 2.24) is 0 Å². The van der Waals surface area contributed by atoms with E-state index in [1.807, 2.05) is 0 Å². The van der Waals surface area contributed by atoms with Gasteiger partial charge >= 0.3 is 5.97 Å². The lowest BCUT2D eigenvalue weighted by molar-refractivity contribution is -0.384. The normalized spacial score (nSPS) is 13.6. The van der Waals surface area contributed by atoms with Crippen molar-refractivity contribution in [3.05, 3.63) is 39.4 Å². The van der Waals surface area contributed by atoms with Crippen molar-refractivity contribution in [1.29, 1.82) is 0 Å². The molecule has 0 N–H and O–H groups in total. The number of benzene rings is 1. The van der Waals surface area contributed by atoms with E-state index in [1.165, 1.54) is 31.0 Å². The van der Waals surface area contributed by atoms with Crippen molar-refractivity contribution in [2.45, 2.75) is 4.90 Å². The van der Waals surface area contributed by atoms with Gasteiger partial charge in [0.05, 0.1) is 12.0 Å². The third-order valence-electron chi connectivity index (χ3n) is 2.36. The van der Waals surface area contributed by atoms with Gasteiger partial charge in [-0.25, -0.2) is 4.79 Å². The second-order valence-corrected chi connectivity index (χ2v) is 4.45. The summed E-state index contributed by atoms with van der Waals surface area (Å²) < 4.78 is 4.63. The number of ether oxygens (including phenoxy) is 1. The number of hydrogen-bond acceptors (Lipinski definition) is 5. The Hall–Kier alpha value is -1.82. The van der Waals surface area contributed by atoms with E-state index in [1.54, 1.807) is 12.1 Å². The van der Waals surface area contributed by atoms with E-state index in [0.29, 0.717) is 16.9 Å². The van der Waals surface area contributed by atoms with Crippen molar-refractivity contribution in [3.63, 3.8) is 0 Å². The molecule has 0 atom stereocenters. The number of nitro groups is 1. The topological polar surface area (TPSA) is 69.4 Å². The molecular formula is C11H9NO4S. The smallest absolute Gasteiger partial charge is 0.334 e. The van der Waals surface area contributed by atoms with E-state index >= 15 is 0 Å². The maximum Gasteiger partial charge on any atom is 0.334 e. The molecule has 1 aliphatic heterocycles. The highest BCUT2D eigenvalue weighted by Gasteiger charge is 2.19. The van der Waals surface area contributed by atoms with Gasteiger partial charge in [0.2, 0.25) is 0 Å². The summed E-state index contributed by atoms with van der Waals surface area (Å²) in [7, 11) is 1.32. The van der Waals surface area contributed by atoms with E-state index in [9.17, 15) is 14.9 Å². The molecule has 0 amide bonds. The lowest BCUT2D eigenvalue weighted by Crippen LogP contribution is -2.09. The van der Waals surface area contributed by atoms with Crippen LogP contribution in [0.5, 0.6) is 0 Å². The Morgan fingerprint density at radius 2 is 2.29 bits per heavy atom. The van der Waals surface area contributed by atoms with E-state index < -0.39 is 10.9 Å². The highest BCUT2D eigenvalue weighted by Crippen LogP contribution is 2.34. The highest BCUT2D eigenvalue weighted by molar-refractivity contribution is 7.99. The zero-order valence-corrected chi connectivity index (χ0v) is 9.82. The third-order valence-corrected chi connectivity index (χ3v) is 3.50. The summed E-state index contributed by atoms with van der Waals surface area (Å²) in [6.45, 7) is 0. The van der Waals surface area contributed by atoms with Crippen molar-refractivity contribution >= 4 is 29.5 Å². The Morgan fingerprint density at radius 1 is 1.53 bits per heavy atom. The molecule has 88 valence electrons. The highest BCUT2D eigenvalue weighted by atomic mass is 32.2. The average molecular weight is 251 g/mol. The van der Waals surface area contributed by atoms with Gasteiger partial charge in [-0.3, -0.25) is 10.1 Å². The number of rotatable bonds is 2. The summed E-state index contributed by atoms with van der Waals surface area (Å²) in [4.78, 5) is 22.5. The summed E-state index contributed by atoms with van der Waals surface area (Å²) in [5, 5.41) is 10.6. The fraction of sp³-hybridized carbons (Fsp3) is 0.182. The number of hydrogen-bond donors (Lipinski definition) is 0. The molecule has 0 radical (unpaired) electrons. The maximum absolute atomic E-state index is 11.4. The van der Waals surface area contributed by atoms with E-state index in [4.69, 9.17) is 0 Å². The van der Waals surface area contributed by atoms with Crippen LogP contribution < -0.4 is 0 Å². The number of carbonyl (C=O) groups excluding carboxylic acids is 1. The van der Waals surface area contributed by atoms with Gasteiger partial charge in [-0.1, -0.05) is 0 Å². The largest absolute Gasteiger partial charge is 0.466 e. The summed E-state index contributed by atoms with van der Waals surface area (Å²) in [6, 6.07) is 4.62. The molecule has 17 heavy (non-hydrogen) atoms. The average Bonchev–Trinajstić information content (AvgIpc) is 2.36. The van der Waals surface area contributed by atoms with Crippen LogP contribution in [-0.4, -0.2) is 23.8 Å². The van der Waals surface area contributed by atoms with Gasteiger partial charge < -0.3 is 4.74 Å². The minimum atomic E-state index is -0.453. The van der Waals surface area contributed by atoms with Crippen molar-refractivity contribution < 1.29 is 14.5 Å². The molecule has 5 nitrogen and oxygen atoms in total. The summed E-state index contributed by atoms with van der Waals surface area (Å²) in [5.74, 6) is 0.131. The number of nitro benzene ring substituents is 1. The standard InChI is InChI=1S/C11H9NO4S/c1-16-11(13)8-4-7-5-9(12(14)15)2-3-10(7)17-6-8/h2-5H,6H2,1H3. The fourth-order valence-electron chi connectivity index (χ4n) is 1.53. The first-order valence-corrected chi connectivity index (χ1v) is 5.80. The van der Waals surface area contributed by atoms with E-state index in [0.717, 1.165) is 4.90 Å². The molecule has 0 fully saturated rings. The Bertz CT molecular complexity index is 524. The number of non-ortho nitro benzene ring substituents is 1. The lowest BCUT2D eigenvalue weighted by Gasteiger charge is -2.13. The Labute approximate surface area is 102 Å². The molecule has 0 aliphatic carbocycles. The van der Waals surface area contributed by atoms with Crippen molar-refractivity contribution in [3.8, 4) is 0 Å². The second-order valence-electron chi connectivity index (χ2n) is 3.43. The van der Waals surface area contributed by atoms with Crippen LogP contribution in [0.15, 0.2) is 28.7 Å². The van der Waals surface area contributed by atoms with Gasteiger partial charge in [0.1, 0.15) is 0 Å². The molecule has 1 aliphatic rings. The van der Waals surface area contributed by atoms with Crippen LogP contribution in [0.4, 0.5) is 5.69 Å². The van der Waals surface area contributed by atoms with Crippen LogP contribution in [0.25, 0.3) is 6.08 Å². The Morgan fingerprint density at radius 3 is 2.94 bits per heavy atom. The number of methoxy groups -OCH3 is 1. The summed E-state index contributed by atoms with van der Waals surface area (Å²) in [6.07, 6.45) is 1.64. The van der Waals surface area contributed by atoms with Crippen molar-refractivity contribution in [2.75, 3.05) is 12.9 Å². The molecule has 0 aromatic heterocycles. The molecule has 0 saturated carbocycles. The van der Waals surface area contributed by atoms with E-state index in [-0.39, 0.29) is 5.69 Å². The zero-order chi connectivity index (χ0) is 12.4. The molecule has 0 bridgehead atoms. The minimum Gasteiger partial charge on any atom is -0.466 e. The molecule has 1 aromatic carbocycles. The van der Waals surface area contributed by atoms with Gasteiger partial charge in [0, 0.05) is 28.4 Å². The maximum atomic E-state index is 11.4. The molecule has 1 heterocycles. The molecule has 6 heteroatoms.